The van der Waals surface area contributed by atoms with Gasteiger partial charge in [-0.25, -0.2) is 4.98 Å². The molecule has 6 heteroatoms. The number of ketones is 1. The highest BCUT2D eigenvalue weighted by Crippen LogP contribution is 2.25. The Morgan fingerprint density at radius 1 is 1.19 bits per heavy atom. The highest BCUT2D eigenvalue weighted by atomic mass is 16.5. The number of aromatic nitrogens is 2. The van der Waals surface area contributed by atoms with Crippen LogP contribution in [0.1, 0.15) is 22.6 Å². The Kier molecular flexibility index (Phi) is 2.81. The van der Waals surface area contributed by atoms with Crippen LogP contribution >= 0.6 is 0 Å². The summed E-state index contributed by atoms with van der Waals surface area (Å²) in [5.41, 5.74) is 1.11. The number of aryl methyl sites for hydroxylation is 1. The van der Waals surface area contributed by atoms with Gasteiger partial charge in [0.1, 0.15) is 0 Å². The third kappa shape index (κ3) is 3.81. The van der Waals surface area contributed by atoms with E-state index in [0.717, 1.165) is 16.3 Å². The Balaban J connectivity index is 1.58. The van der Waals surface area contributed by atoms with Crippen molar-refractivity contribution in [2.75, 3.05) is 32.7 Å². The van der Waals surface area contributed by atoms with Gasteiger partial charge >= 0.3 is 0 Å². The third-order valence-corrected chi connectivity index (χ3v) is 3.86. The van der Waals surface area contributed by atoms with Crippen LogP contribution in [0.5, 0.6) is 0 Å². The van der Waals surface area contributed by atoms with Crippen molar-refractivity contribution < 1.29 is 24.9 Å². The van der Waals surface area contributed by atoms with E-state index >= 15 is 0 Å². The molecule has 6 nitrogen and oxygen atoms in total. The molecule has 1 aliphatic heterocycles. The predicted octanol–water partition coefficient (Wildman–Crippen LogP) is 2.64. The fourth-order valence-electron chi connectivity index (χ4n) is 2.65. The van der Waals surface area contributed by atoms with Crippen LogP contribution in [0.25, 0.3) is 22.1 Å². The molecule has 3 aromatic rings. The number of morpholine rings is 1. The number of Topliss-reactive ketones (excluding diaryl/α,β-unsaturated/α-hetero) is 1. The number of carbonyl (C=O) groups is 1. The molecular formula is C20H21N3O3. The fourth-order valence-corrected chi connectivity index (χ4v) is 2.65. The number of ether oxygens (including phenoxy) is 1. The number of benzene rings is 1. The Hall–Kier alpha value is -2.57. The summed E-state index contributed by atoms with van der Waals surface area (Å²) >= 11 is 0. The first-order valence-electron chi connectivity index (χ1n) is 12.0. The Morgan fingerprint density at radius 3 is 2.81 bits per heavy atom. The van der Waals surface area contributed by atoms with Crippen molar-refractivity contribution in [3.05, 3.63) is 48.2 Å². The van der Waals surface area contributed by atoms with Crippen molar-refractivity contribution in [1.29, 1.82) is 0 Å². The molecule has 0 radical (unpaired) electrons. The zero-order valence-electron chi connectivity index (χ0n) is 21.9. The minimum atomic E-state index is -3.20. The molecule has 0 unspecified atom stereocenters. The van der Waals surface area contributed by atoms with Crippen LogP contribution in [0.15, 0.2) is 41.1 Å². The predicted molar refractivity (Wildman–Crippen MR) is 97.9 cm³/mol. The van der Waals surface area contributed by atoms with Crippen molar-refractivity contribution in [3.63, 3.8) is 0 Å². The maximum absolute atomic E-state index is 12.8. The smallest absolute Gasteiger partial charge is 0.191 e. The van der Waals surface area contributed by atoms with Crippen LogP contribution in [-0.2, 0) is 16.0 Å². The van der Waals surface area contributed by atoms with E-state index in [1.807, 2.05) is 18.2 Å². The second-order valence-electron chi connectivity index (χ2n) is 5.81. The molecule has 1 aromatic carbocycles. The van der Waals surface area contributed by atoms with Crippen LogP contribution in [0.2, 0.25) is 0 Å². The topological polar surface area (TPSA) is 68.5 Å². The van der Waals surface area contributed by atoms with E-state index in [2.05, 4.69) is 14.7 Å². The average Bonchev–Trinajstić information content (AvgIpc) is 3.16. The highest BCUT2D eigenvalue weighted by Gasteiger charge is 2.15. The summed E-state index contributed by atoms with van der Waals surface area (Å²) in [5.74, 6) is 0.428. The maximum Gasteiger partial charge on any atom is 0.191 e. The summed E-state index contributed by atoms with van der Waals surface area (Å²) in [6.07, 6.45) is 2.87. The van der Waals surface area contributed by atoms with Gasteiger partial charge in [-0.3, -0.25) is 14.7 Å². The first kappa shape index (κ1) is 9.94. The SMILES string of the molecule is [2H]C1([2H])OC([2H])([2H])C([2H])([2H])N(CC(=O)Cc2cc3cc(-c4cnc(C)o4)ccc3cn2)C1([2H])[2H]. The van der Waals surface area contributed by atoms with Crippen LogP contribution < -0.4 is 0 Å². The lowest BCUT2D eigenvalue weighted by molar-refractivity contribution is -0.120. The number of fused-ring (bicyclic) bond motifs is 1. The molecule has 134 valence electrons. The Bertz CT molecular complexity index is 1230. The molecule has 0 amide bonds. The van der Waals surface area contributed by atoms with Gasteiger partial charge in [-0.15, -0.1) is 0 Å². The van der Waals surface area contributed by atoms with Gasteiger partial charge in [0.25, 0.3) is 0 Å². The lowest BCUT2D eigenvalue weighted by Crippen LogP contribution is -2.39. The van der Waals surface area contributed by atoms with E-state index in [0.29, 0.717) is 17.3 Å². The first-order valence-corrected chi connectivity index (χ1v) is 7.95. The molecular weight excluding hydrogens is 330 g/mol. The van der Waals surface area contributed by atoms with E-state index in [-0.39, 0.29) is 11.3 Å². The molecule has 3 heterocycles. The molecule has 4 rings (SSSR count). The fraction of sp³-hybridized carbons (Fsp3) is 0.350. The van der Waals surface area contributed by atoms with Gasteiger partial charge in [0, 0.05) is 48.2 Å². The second kappa shape index (κ2) is 7.35. The summed E-state index contributed by atoms with van der Waals surface area (Å²) in [6, 6.07) is 7.19. The van der Waals surface area contributed by atoms with E-state index in [1.54, 1.807) is 25.4 Å². The lowest BCUT2D eigenvalue weighted by Gasteiger charge is -2.25. The van der Waals surface area contributed by atoms with Crippen LogP contribution in [0.4, 0.5) is 0 Å². The number of rotatable bonds is 5. The van der Waals surface area contributed by atoms with Crippen molar-refractivity contribution in [3.8, 4) is 11.3 Å². The van der Waals surface area contributed by atoms with E-state index in [4.69, 9.17) is 15.4 Å². The molecule has 0 bridgehead atoms. The van der Waals surface area contributed by atoms with Gasteiger partial charge in [0.2, 0.25) is 0 Å². The zero-order valence-corrected chi connectivity index (χ0v) is 13.9. The maximum atomic E-state index is 12.8. The normalized spacial score (nSPS) is 27.7. The molecule has 1 saturated heterocycles. The number of carbonyl (C=O) groups excluding carboxylic acids is 1. The minimum Gasteiger partial charge on any atom is -0.441 e. The molecule has 1 fully saturated rings. The van der Waals surface area contributed by atoms with Crippen molar-refractivity contribution >= 4 is 16.6 Å². The summed E-state index contributed by atoms with van der Waals surface area (Å²) < 4.78 is 72.9. The molecule has 0 saturated carbocycles. The number of hydrogen-bond donors (Lipinski definition) is 0. The first-order chi connectivity index (χ1) is 15.6. The third-order valence-electron chi connectivity index (χ3n) is 3.86. The number of hydrogen-bond acceptors (Lipinski definition) is 6. The van der Waals surface area contributed by atoms with Crippen LogP contribution in [-0.4, -0.2) is 53.3 Å². The quantitative estimate of drug-likeness (QED) is 0.698. The van der Waals surface area contributed by atoms with Gasteiger partial charge in [0.05, 0.1) is 37.8 Å². The lowest BCUT2D eigenvalue weighted by atomic mass is 10.1. The van der Waals surface area contributed by atoms with Gasteiger partial charge in [-0.05, 0) is 17.5 Å². The summed E-state index contributed by atoms with van der Waals surface area (Å²) in [4.78, 5) is 21.3. The monoisotopic (exact) mass is 359 g/mol. The number of pyridine rings is 1. The Morgan fingerprint density at radius 2 is 2.04 bits per heavy atom. The molecule has 0 aliphatic carbocycles. The van der Waals surface area contributed by atoms with E-state index in [1.165, 1.54) is 0 Å². The number of oxazole rings is 1. The second-order valence-corrected chi connectivity index (χ2v) is 5.81. The Labute approximate surface area is 163 Å². The van der Waals surface area contributed by atoms with Crippen LogP contribution in [0.3, 0.4) is 0 Å². The molecule has 0 atom stereocenters. The van der Waals surface area contributed by atoms with Crippen molar-refractivity contribution in [1.82, 2.24) is 14.9 Å². The largest absolute Gasteiger partial charge is 0.441 e. The summed E-state index contributed by atoms with van der Waals surface area (Å²) in [7, 11) is 0. The van der Waals surface area contributed by atoms with Crippen molar-refractivity contribution in [2.45, 2.75) is 13.3 Å². The van der Waals surface area contributed by atoms with Crippen molar-refractivity contribution in [2.24, 2.45) is 0 Å². The van der Waals surface area contributed by atoms with Gasteiger partial charge in [-0.2, -0.15) is 0 Å². The van der Waals surface area contributed by atoms with E-state index < -0.39 is 38.4 Å². The van der Waals surface area contributed by atoms with Crippen LogP contribution in [0, 0.1) is 6.92 Å². The zero-order chi connectivity index (χ0) is 25.1. The molecule has 26 heavy (non-hydrogen) atoms. The molecule has 1 aliphatic rings. The molecule has 0 spiro atoms. The van der Waals surface area contributed by atoms with E-state index in [9.17, 15) is 4.79 Å². The summed E-state index contributed by atoms with van der Waals surface area (Å²) in [6.45, 7) is -11.8. The molecule has 2 aromatic heterocycles. The highest BCUT2D eigenvalue weighted by molar-refractivity contribution is 5.88. The minimum absolute atomic E-state index is 0.233. The number of nitrogens with zero attached hydrogens (tertiary/aromatic N) is 3. The summed E-state index contributed by atoms with van der Waals surface area (Å²) in [5, 5.41) is 1.56. The van der Waals surface area contributed by atoms with Gasteiger partial charge < -0.3 is 9.15 Å². The molecule has 0 N–H and O–H groups in total. The average molecular weight is 359 g/mol. The standard InChI is InChI=1S/C20H21N3O3/c1-14-21-12-20(26-14)15-2-3-16-11-22-18(9-17(16)8-15)10-19(24)13-23-4-6-25-7-5-23/h2-3,8-9,11-12H,4-7,10,13H2,1H3/i4D2,5D2,6D2,7D2. The van der Waals surface area contributed by atoms with Gasteiger partial charge in [-0.1, -0.05) is 12.1 Å². The van der Waals surface area contributed by atoms with Gasteiger partial charge in [0.15, 0.2) is 17.4 Å².